The maximum absolute atomic E-state index is 11.0. The van der Waals surface area contributed by atoms with Crippen LogP contribution in [0, 0.1) is 13.8 Å². The molecule has 0 aliphatic carbocycles. The van der Waals surface area contributed by atoms with E-state index in [0.717, 1.165) is 22.3 Å². The number of pyridine rings is 1. The van der Waals surface area contributed by atoms with Gasteiger partial charge in [0.25, 0.3) is 0 Å². The van der Waals surface area contributed by atoms with E-state index in [0.29, 0.717) is 5.75 Å². The summed E-state index contributed by atoms with van der Waals surface area (Å²) in [7, 11) is 0. The Kier molecular flexibility index (Phi) is 4.33. The van der Waals surface area contributed by atoms with Crippen molar-refractivity contribution in [3.8, 4) is 5.75 Å². The Morgan fingerprint density at radius 3 is 2.52 bits per heavy atom. The van der Waals surface area contributed by atoms with Gasteiger partial charge >= 0.3 is 0 Å². The van der Waals surface area contributed by atoms with Gasteiger partial charge in [0.1, 0.15) is 11.4 Å². The molecule has 0 aliphatic rings. The summed E-state index contributed by atoms with van der Waals surface area (Å²) in [5.74, 6) is 0.674. The van der Waals surface area contributed by atoms with E-state index in [-0.39, 0.29) is 6.10 Å². The number of nitrogens with zero attached hydrogens (tertiary/aromatic N) is 1. The van der Waals surface area contributed by atoms with Crippen LogP contribution in [0.1, 0.15) is 43.0 Å². The van der Waals surface area contributed by atoms with Crippen LogP contribution in [0.4, 0.5) is 0 Å². The Morgan fingerprint density at radius 2 is 1.86 bits per heavy atom. The first kappa shape index (κ1) is 15.5. The van der Waals surface area contributed by atoms with E-state index < -0.39 is 5.60 Å². The van der Waals surface area contributed by atoms with Crippen molar-refractivity contribution in [3.05, 3.63) is 58.9 Å². The molecule has 2 rings (SSSR count). The largest absolute Gasteiger partial charge is 0.489 e. The average Bonchev–Trinajstić information content (AvgIpc) is 2.41. The molecule has 0 spiro atoms. The van der Waals surface area contributed by atoms with Crippen LogP contribution in [0.25, 0.3) is 0 Å². The van der Waals surface area contributed by atoms with Crippen molar-refractivity contribution in [2.75, 3.05) is 0 Å². The molecule has 1 unspecified atom stereocenters. The highest BCUT2D eigenvalue weighted by Crippen LogP contribution is 2.33. The SMILES string of the molecule is Cc1ccc(C)c(C(C)(O)c2cncc(OC(C)C)c2)c1. The molecular formula is C18H23NO2. The van der Waals surface area contributed by atoms with E-state index in [2.05, 4.69) is 4.98 Å². The van der Waals surface area contributed by atoms with Gasteiger partial charge in [0.15, 0.2) is 0 Å². The molecule has 0 aliphatic heterocycles. The van der Waals surface area contributed by atoms with Crippen molar-refractivity contribution >= 4 is 0 Å². The molecule has 0 saturated carbocycles. The smallest absolute Gasteiger partial charge is 0.138 e. The molecule has 21 heavy (non-hydrogen) atoms. The second-order valence-electron chi connectivity index (χ2n) is 5.97. The molecule has 2 aromatic rings. The standard InChI is InChI=1S/C18H23NO2/c1-12(2)21-16-9-15(10-19-11-16)18(5,20)17-8-13(3)6-7-14(17)4/h6-12,20H,1-5H3. The molecule has 1 aromatic heterocycles. The second kappa shape index (κ2) is 5.86. The molecule has 1 N–H and O–H groups in total. The normalized spacial score (nSPS) is 14.0. The average molecular weight is 285 g/mol. The lowest BCUT2D eigenvalue weighted by Crippen LogP contribution is -2.24. The zero-order valence-corrected chi connectivity index (χ0v) is 13.3. The minimum absolute atomic E-state index is 0.0766. The van der Waals surface area contributed by atoms with Crippen LogP contribution < -0.4 is 4.74 Å². The van der Waals surface area contributed by atoms with Crippen LogP contribution in [-0.4, -0.2) is 16.2 Å². The van der Waals surface area contributed by atoms with Gasteiger partial charge in [-0.25, -0.2) is 0 Å². The minimum atomic E-state index is -1.10. The molecule has 0 saturated heterocycles. The van der Waals surface area contributed by atoms with Gasteiger partial charge in [-0.15, -0.1) is 0 Å². The summed E-state index contributed by atoms with van der Waals surface area (Å²) in [6, 6.07) is 7.95. The fraction of sp³-hybridized carbons (Fsp3) is 0.389. The van der Waals surface area contributed by atoms with Gasteiger partial charge in [-0.1, -0.05) is 23.8 Å². The highest BCUT2D eigenvalue weighted by Gasteiger charge is 2.28. The predicted octanol–water partition coefficient (Wildman–Crippen LogP) is 3.74. The van der Waals surface area contributed by atoms with Crippen molar-refractivity contribution in [2.45, 2.75) is 46.3 Å². The zero-order chi connectivity index (χ0) is 15.6. The Hall–Kier alpha value is -1.87. The Balaban J connectivity index is 2.45. The third kappa shape index (κ3) is 3.42. The van der Waals surface area contributed by atoms with Gasteiger partial charge < -0.3 is 9.84 Å². The number of hydrogen-bond acceptors (Lipinski definition) is 3. The van der Waals surface area contributed by atoms with Crippen molar-refractivity contribution < 1.29 is 9.84 Å². The van der Waals surface area contributed by atoms with E-state index in [1.807, 2.05) is 52.0 Å². The molecule has 0 fully saturated rings. The van der Waals surface area contributed by atoms with Crippen molar-refractivity contribution in [1.82, 2.24) is 4.98 Å². The Labute approximate surface area is 126 Å². The summed E-state index contributed by atoms with van der Waals surface area (Å²) in [6.45, 7) is 9.76. The van der Waals surface area contributed by atoms with Crippen molar-refractivity contribution in [2.24, 2.45) is 0 Å². The van der Waals surface area contributed by atoms with Crippen molar-refractivity contribution in [3.63, 3.8) is 0 Å². The van der Waals surface area contributed by atoms with E-state index in [4.69, 9.17) is 4.74 Å². The van der Waals surface area contributed by atoms with Gasteiger partial charge in [-0.05, 0) is 51.8 Å². The maximum Gasteiger partial charge on any atom is 0.138 e. The number of aromatic nitrogens is 1. The first-order valence-corrected chi connectivity index (χ1v) is 7.23. The number of rotatable bonds is 4. The molecule has 1 aromatic carbocycles. The summed E-state index contributed by atoms with van der Waals surface area (Å²) < 4.78 is 5.67. The van der Waals surface area contributed by atoms with E-state index in [1.54, 1.807) is 19.3 Å². The summed E-state index contributed by atoms with van der Waals surface area (Å²) in [6.07, 6.45) is 3.44. The molecule has 0 bridgehead atoms. The molecular weight excluding hydrogens is 262 g/mol. The third-order valence-electron chi connectivity index (χ3n) is 3.56. The summed E-state index contributed by atoms with van der Waals surface area (Å²) in [5, 5.41) is 11.0. The topological polar surface area (TPSA) is 42.4 Å². The molecule has 1 heterocycles. The van der Waals surface area contributed by atoms with Gasteiger partial charge in [0, 0.05) is 11.8 Å². The quantitative estimate of drug-likeness (QED) is 0.930. The number of aryl methyl sites for hydroxylation is 2. The van der Waals surface area contributed by atoms with Crippen LogP contribution in [0.15, 0.2) is 36.7 Å². The molecule has 3 heteroatoms. The lowest BCUT2D eigenvalue weighted by atomic mass is 9.85. The second-order valence-corrected chi connectivity index (χ2v) is 5.97. The van der Waals surface area contributed by atoms with Crippen molar-refractivity contribution in [1.29, 1.82) is 0 Å². The summed E-state index contributed by atoms with van der Waals surface area (Å²) in [4.78, 5) is 4.20. The van der Waals surface area contributed by atoms with Crippen LogP contribution in [0.2, 0.25) is 0 Å². The minimum Gasteiger partial charge on any atom is -0.489 e. The number of ether oxygens (including phenoxy) is 1. The van der Waals surface area contributed by atoms with Crippen LogP contribution in [-0.2, 0) is 5.60 Å². The van der Waals surface area contributed by atoms with E-state index >= 15 is 0 Å². The molecule has 112 valence electrons. The van der Waals surface area contributed by atoms with Crippen LogP contribution >= 0.6 is 0 Å². The first-order valence-electron chi connectivity index (χ1n) is 7.23. The lowest BCUT2D eigenvalue weighted by Gasteiger charge is -2.27. The number of aliphatic hydroxyl groups is 1. The zero-order valence-electron chi connectivity index (χ0n) is 13.3. The van der Waals surface area contributed by atoms with Gasteiger partial charge in [-0.3, -0.25) is 4.98 Å². The molecule has 1 atom stereocenters. The van der Waals surface area contributed by atoms with Gasteiger partial charge in [-0.2, -0.15) is 0 Å². The first-order chi connectivity index (χ1) is 9.80. The summed E-state index contributed by atoms with van der Waals surface area (Å²) in [5.41, 5.74) is 2.71. The molecule has 0 amide bonds. The van der Waals surface area contributed by atoms with Crippen LogP contribution in [0.5, 0.6) is 5.75 Å². The number of benzene rings is 1. The Morgan fingerprint density at radius 1 is 1.14 bits per heavy atom. The van der Waals surface area contributed by atoms with Gasteiger partial charge in [0.2, 0.25) is 0 Å². The molecule has 0 radical (unpaired) electrons. The maximum atomic E-state index is 11.0. The van der Waals surface area contributed by atoms with E-state index in [9.17, 15) is 5.11 Å². The molecule has 3 nitrogen and oxygen atoms in total. The lowest BCUT2D eigenvalue weighted by molar-refractivity contribution is 0.100. The highest BCUT2D eigenvalue weighted by atomic mass is 16.5. The van der Waals surface area contributed by atoms with Gasteiger partial charge in [0.05, 0.1) is 12.3 Å². The predicted molar refractivity (Wildman–Crippen MR) is 84.6 cm³/mol. The fourth-order valence-corrected chi connectivity index (χ4v) is 2.44. The number of hydrogen-bond donors (Lipinski definition) is 1. The van der Waals surface area contributed by atoms with E-state index in [1.165, 1.54) is 0 Å². The Bertz CT molecular complexity index is 633. The summed E-state index contributed by atoms with van der Waals surface area (Å²) >= 11 is 0. The van der Waals surface area contributed by atoms with Crippen LogP contribution in [0.3, 0.4) is 0 Å². The monoisotopic (exact) mass is 285 g/mol. The fourth-order valence-electron chi connectivity index (χ4n) is 2.44. The third-order valence-corrected chi connectivity index (χ3v) is 3.56. The highest BCUT2D eigenvalue weighted by molar-refractivity contribution is 5.42.